The summed E-state index contributed by atoms with van der Waals surface area (Å²) in [4.78, 5) is 23.9. The number of amides is 2. The molecule has 0 spiro atoms. The predicted octanol–water partition coefficient (Wildman–Crippen LogP) is -0.102. The van der Waals surface area contributed by atoms with Crippen molar-refractivity contribution < 1.29 is 19.4 Å². The number of aromatic nitrogens is 3. The Morgan fingerprint density at radius 3 is 2.80 bits per heavy atom. The molecule has 25 heavy (non-hydrogen) atoms. The summed E-state index contributed by atoms with van der Waals surface area (Å²) in [7, 11) is 1.55. The first-order valence-corrected chi connectivity index (χ1v) is 8.64. The Balaban J connectivity index is 2.09. The number of methoxy groups -OCH3 is 1. The van der Waals surface area contributed by atoms with Crippen molar-refractivity contribution in [2.24, 2.45) is 11.7 Å². The van der Waals surface area contributed by atoms with Gasteiger partial charge in [0.1, 0.15) is 11.7 Å². The van der Waals surface area contributed by atoms with E-state index < -0.39 is 11.9 Å². The topological polar surface area (TPSA) is 132 Å². The molecule has 1 aliphatic carbocycles. The fourth-order valence-corrected chi connectivity index (χ4v) is 3.29. The zero-order valence-corrected chi connectivity index (χ0v) is 14.6. The highest BCUT2D eigenvalue weighted by Crippen LogP contribution is 2.28. The van der Waals surface area contributed by atoms with E-state index in [1.165, 1.54) is 4.68 Å². The second-order valence-electron chi connectivity index (χ2n) is 6.49. The first-order chi connectivity index (χ1) is 12.0. The monoisotopic (exact) mass is 353 g/mol. The Morgan fingerprint density at radius 2 is 2.20 bits per heavy atom. The van der Waals surface area contributed by atoms with E-state index in [1.807, 2.05) is 0 Å². The summed E-state index contributed by atoms with van der Waals surface area (Å²) in [6.45, 7) is 0.177. The van der Waals surface area contributed by atoms with Crippen LogP contribution in [0.2, 0.25) is 0 Å². The second-order valence-corrected chi connectivity index (χ2v) is 6.49. The van der Waals surface area contributed by atoms with Gasteiger partial charge in [0, 0.05) is 13.5 Å². The largest absolute Gasteiger partial charge is 0.394 e. The van der Waals surface area contributed by atoms with Crippen molar-refractivity contribution in [3.63, 3.8) is 0 Å². The van der Waals surface area contributed by atoms with Crippen molar-refractivity contribution in [2.45, 2.75) is 57.2 Å². The Morgan fingerprint density at radius 1 is 1.48 bits per heavy atom. The molecule has 1 aromatic rings. The molecule has 9 heteroatoms. The minimum absolute atomic E-state index is 0.0603. The number of hydrogen-bond acceptors (Lipinski definition) is 6. The van der Waals surface area contributed by atoms with Gasteiger partial charge in [-0.25, -0.2) is 4.68 Å². The number of primary amides is 1. The highest BCUT2D eigenvalue weighted by atomic mass is 16.5. The zero-order chi connectivity index (χ0) is 18.2. The van der Waals surface area contributed by atoms with Gasteiger partial charge in [0.2, 0.25) is 11.8 Å². The first-order valence-electron chi connectivity index (χ1n) is 8.64. The Hall–Kier alpha value is -2.00. The summed E-state index contributed by atoms with van der Waals surface area (Å²) in [5.74, 6) is -0.490. The number of carbonyl (C=O) groups excluding carboxylic acids is 2. The summed E-state index contributed by atoms with van der Waals surface area (Å²) in [6, 6.07) is -0.992. The first kappa shape index (κ1) is 19.3. The van der Waals surface area contributed by atoms with Crippen molar-refractivity contribution >= 4 is 11.8 Å². The van der Waals surface area contributed by atoms with Crippen molar-refractivity contribution in [3.8, 4) is 0 Å². The van der Waals surface area contributed by atoms with Gasteiger partial charge >= 0.3 is 0 Å². The molecule has 140 valence electrons. The van der Waals surface area contributed by atoms with Gasteiger partial charge < -0.3 is 20.9 Å². The van der Waals surface area contributed by atoms with Crippen LogP contribution in [-0.4, -0.2) is 51.7 Å². The lowest BCUT2D eigenvalue weighted by molar-refractivity contribution is -0.126. The van der Waals surface area contributed by atoms with Crippen LogP contribution < -0.4 is 11.1 Å². The maximum Gasteiger partial charge on any atom is 0.245 e. The Bertz CT molecular complexity index is 571. The van der Waals surface area contributed by atoms with E-state index in [-0.39, 0.29) is 43.9 Å². The van der Waals surface area contributed by atoms with Crippen LogP contribution in [0.1, 0.15) is 50.3 Å². The maximum atomic E-state index is 12.8. The van der Waals surface area contributed by atoms with E-state index in [2.05, 4.69) is 15.6 Å². The lowest BCUT2D eigenvalue weighted by Gasteiger charge is -2.25. The molecule has 2 unspecified atom stereocenters. The van der Waals surface area contributed by atoms with Crippen LogP contribution in [0.15, 0.2) is 6.20 Å². The smallest absolute Gasteiger partial charge is 0.245 e. The maximum absolute atomic E-state index is 12.8. The van der Waals surface area contributed by atoms with E-state index in [1.54, 1.807) is 13.3 Å². The molecular formula is C16H27N5O4. The number of aliphatic hydroxyl groups excluding tert-OH is 1. The van der Waals surface area contributed by atoms with Gasteiger partial charge in [0.05, 0.1) is 25.5 Å². The Kier molecular flexibility index (Phi) is 7.32. The van der Waals surface area contributed by atoms with Crippen molar-refractivity contribution in [3.05, 3.63) is 11.9 Å². The number of carbonyl (C=O) groups is 2. The molecule has 9 nitrogen and oxygen atoms in total. The molecule has 0 aliphatic heterocycles. The third kappa shape index (κ3) is 5.50. The molecule has 1 aliphatic rings. The summed E-state index contributed by atoms with van der Waals surface area (Å²) >= 11 is 0. The van der Waals surface area contributed by atoms with Gasteiger partial charge in [-0.15, -0.1) is 5.10 Å². The molecule has 2 rings (SSSR count). The predicted molar refractivity (Wildman–Crippen MR) is 89.2 cm³/mol. The highest BCUT2D eigenvalue weighted by Gasteiger charge is 2.29. The second kappa shape index (κ2) is 9.47. The normalized spacial score (nSPS) is 17.4. The molecule has 2 amide bonds. The average molecular weight is 353 g/mol. The number of aliphatic hydroxyl groups is 1. The molecule has 1 aromatic heterocycles. The quantitative estimate of drug-likeness (QED) is 0.538. The van der Waals surface area contributed by atoms with Gasteiger partial charge in [0.15, 0.2) is 0 Å². The number of nitrogens with two attached hydrogens (primary N) is 1. The van der Waals surface area contributed by atoms with Crippen LogP contribution in [0.5, 0.6) is 0 Å². The average Bonchev–Trinajstić information content (AvgIpc) is 3.25. The number of rotatable bonds is 10. The SMILES string of the molecule is COCc1cn(C(CCC(N)=O)C(=O)NC(CO)C2CCCC2)nn1. The van der Waals surface area contributed by atoms with Crippen molar-refractivity contribution in [1.29, 1.82) is 0 Å². The van der Waals surface area contributed by atoms with E-state index >= 15 is 0 Å². The Labute approximate surface area is 146 Å². The van der Waals surface area contributed by atoms with Gasteiger partial charge in [-0.2, -0.15) is 0 Å². The zero-order valence-electron chi connectivity index (χ0n) is 14.6. The van der Waals surface area contributed by atoms with E-state index in [0.29, 0.717) is 5.69 Å². The summed E-state index contributed by atoms with van der Waals surface area (Å²) in [6.07, 6.45) is 6.14. The van der Waals surface area contributed by atoms with Crippen LogP contribution in [0.4, 0.5) is 0 Å². The van der Waals surface area contributed by atoms with Crippen molar-refractivity contribution in [1.82, 2.24) is 20.3 Å². The number of ether oxygens (including phenoxy) is 1. The fourth-order valence-electron chi connectivity index (χ4n) is 3.29. The molecule has 1 fully saturated rings. The van der Waals surface area contributed by atoms with Crippen LogP contribution in [0.3, 0.4) is 0 Å². The molecule has 4 N–H and O–H groups in total. The molecule has 1 heterocycles. The standard InChI is InChI=1S/C16H27N5O4/c1-25-10-12-8-21(20-19-12)14(6-7-15(17)23)16(24)18-13(9-22)11-4-2-3-5-11/h8,11,13-14,22H,2-7,9-10H2,1H3,(H2,17,23)(H,18,24). The van der Waals surface area contributed by atoms with E-state index in [4.69, 9.17) is 10.5 Å². The molecule has 0 radical (unpaired) electrons. The molecule has 0 saturated heterocycles. The van der Waals surface area contributed by atoms with Gasteiger partial charge in [0.25, 0.3) is 0 Å². The molecular weight excluding hydrogens is 326 g/mol. The minimum atomic E-state index is -0.707. The molecule has 1 saturated carbocycles. The summed E-state index contributed by atoms with van der Waals surface area (Å²) in [5, 5.41) is 20.5. The van der Waals surface area contributed by atoms with Crippen LogP contribution in [0.25, 0.3) is 0 Å². The lowest BCUT2D eigenvalue weighted by Crippen LogP contribution is -2.45. The third-order valence-electron chi connectivity index (χ3n) is 4.63. The van der Waals surface area contributed by atoms with E-state index in [9.17, 15) is 14.7 Å². The minimum Gasteiger partial charge on any atom is -0.394 e. The van der Waals surface area contributed by atoms with Gasteiger partial charge in [-0.3, -0.25) is 9.59 Å². The number of hydrogen-bond donors (Lipinski definition) is 3. The molecule has 0 aromatic carbocycles. The number of nitrogens with zero attached hydrogens (tertiary/aromatic N) is 3. The lowest BCUT2D eigenvalue weighted by atomic mass is 9.98. The third-order valence-corrected chi connectivity index (χ3v) is 4.63. The van der Waals surface area contributed by atoms with Gasteiger partial charge in [-0.05, 0) is 25.2 Å². The summed E-state index contributed by atoms with van der Waals surface area (Å²) < 4.78 is 6.43. The molecule has 2 atom stereocenters. The van der Waals surface area contributed by atoms with Crippen LogP contribution >= 0.6 is 0 Å². The van der Waals surface area contributed by atoms with Crippen LogP contribution in [-0.2, 0) is 20.9 Å². The van der Waals surface area contributed by atoms with Crippen LogP contribution in [0, 0.1) is 5.92 Å². The van der Waals surface area contributed by atoms with Crippen molar-refractivity contribution in [2.75, 3.05) is 13.7 Å². The fraction of sp³-hybridized carbons (Fsp3) is 0.750. The molecule has 0 bridgehead atoms. The van der Waals surface area contributed by atoms with Gasteiger partial charge in [-0.1, -0.05) is 18.1 Å². The van der Waals surface area contributed by atoms with E-state index in [0.717, 1.165) is 25.7 Å². The summed E-state index contributed by atoms with van der Waals surface area (Å²) in [5.41, 5.74) is 5.81. The number of nitrogens with one attached hydrogen (secondary N) is 1. The highest BCUT2D eigenvalue weighted by molar-refractivity contribution is 5.81.